The van der Waals surface area contributed by atoms with Crippen molar-refractivity contribution in [2.24, 2.45) is 0 Å². The molecule has 3 heteroatoms. The minimum Gasteiger partial charge on any atom is -0.484 e. The molecule has 0 fully saturated rings. The number of hydrogen-bond donors (Lipinski definition) is 0. The van der Waals surface area contributed by atoms with Gasteiger partial charge in [0.15, 0.2) is 0 Å². The van der Waals surface area contributed by atoms with Gasteiger partial charge in [-0.25, -0.2) is 0 Å². The van der Waals surface area contributed by atoms with Gasteiger partial charge in [0.1, 0.15) is 11.9 Å². The van der Waals surface area contributed by atoms with Crippen LogP contribution in [0.15, 0.2) is 41.5 Å². The van der Waals surface area contributed by atoms with E-state index >= 15 is 0 Å². The van der Waals surface area contributed by atoms with Gasteiger partial charge in [-0.1, -0.05) is 23.8 Å². The lowest BCUT2D eigenvalue weighted by Gasteiger charge is -2.19. The molecule has 2 nitrogen and oxygen atoms in total. The molecule has 0 radical (unpaired) electrons. The molecule has 19 heavy (non-hydrogen) atoms. The Labute approximate surface area is 117 Å². The highest BCUT2D eigenvalue weighted by Crippen LogP contribution is 2.37. The quantitative estimate of drug-likeness (QED) is 0.799. The van der Waals surface area contributed by atoms with E-state index < -0.39 is 0 Å². The lowest BCUT2D eigenvalue weighted by molar-refractivity contribution is 0.234. The molecule has 0 spiro atoms. The van der Waals surface area contributed by atoms with Gasteiger partial charge < -0.3 is 4.74 Å². The van der Waals surface area contributed by atoms with E-state index in [1.54, 1.807) is 18.2 Å². The molecule has 0 saturated heterocycles. The Morgan fingerprint density at radius 2 is 2.21 bits per heavy atom. The molecule has 0 amide bonds. The average molecular weight is 272 g/mol. The summed E-state index contributed by atoms with van der Waals surface area (Å²) < 4.78 is 6.04. The highest BCUT2D eigenvalue weighted by atomic mass is 35.5. The van der Waals surface area contributed by atoms with Gasteiger partial charge in [-0.05, 0) is 55.0 Å². The molecule has 2 aliphatic carbocycles. The number of nitriles is 1. The van der Waals surface area contributed by atoms with Crippen molar-refractivity contribution >= 4 is 11.6 Å². The summed E-state index contributed by atoms with van der Waals surface area (Å²) in [6, 6.07) is 7.26. The first kappa shape index (κ1) is 12.3. The highest BCUT2D eigenvalue weighted by Gasteiger charge is 2.27. The van der Waals surface area contributed by atoms with Crippen molar-refractivity contribution in [2.75, 3.05) is 0 Å². The Morgan fingerprint density at radius 3 is 3.00 bits per heavy atom. The zero-order valence-electron chi connectivity index (χ0n) is 10.5. The van der Waals surface area contributed by atoms with Crippen LogP contribution in [0.5, 0.6) is 5.75 Å². The molecular formula is C16H14ClNO. The van der Waals surface area contributed by atoms with Crippen LogP contribution in [0.25, 0.3) is 0 Å². The number of allylic oxidation sites excluding steroid dienone is 3. The van der Waals surface area contributed by atoms with E-state index in [1.807, 2.05) is 0 Å². The third kappa shape index (κ3) is 2.39. The topological polar surface area (TPSA) is 33.0 Å². The van der Waals surface area contributed by atoms with E-state index in [-0.39, 0.29) is 6.10 Å². The van der Waals surface area contributed by atoms with Gasteiger partial charge in [-0.2, -0.15) is 5.26 Å². The number of hydrogen-bond acceptors (Lipinski definition) is 2. The molecule has 96 valence electrons. The Balaban J connectivity index is 1.81. The maximum absolute atomic E-state index is 8.83. The van der Waals surface area contributed by atoms with Gasteiger partial charge in [-0.15, -0.1) is 0 Å². The fourth-order valence-corrected chi connectivity index (χ4v) is 2.98. The van der Waals surface area contributed by atoms with E-state index in [0.717, 1.165) is 25.7 Å². The second-order valence-electron chi connectivity index (χ2n) is 4.89. The number of nitrogens with zero attached hydrogens (tertiary/aromatic N) is 1. The van der Waals surface area contributed by atoms with E-state index in [4.69, 9.17) is 21.6 Å². The van der Waals surface area contributed by atoms with Crippen LogP contribution >= 0.6 is 11.6 Å². The van der Waals surface area contributed by atoms with Crippen LogP contribution < -0.4 is 4.74 Å². The molecule has 1 aromatic carbocycles. The molecule has 1 aromatic rings. The molecule has 1 atom stereocenters. The average Bonchev–Trinajstić information content (AvgIpc) is 2.84. The van der Waals surface area contributed by atoms with Crippen molar-refractivity contribution in [3.63, 3.8) is 0 Å². The summed E-state index contributed by atoms with van der Waals surface area (Å²) in [5.74, 6) is 0.675. The lowest BCUT2D eigenvalue weighted by Crippen LogP contribution is -2.16. The van der Waals surface area contributed by atoms with Crippen molar-refractivity contribution in [3.05, 3.63) is 52.1 Å². The largest absolute Gasteiger partial charge is 0.484 e. The fraction of sp³-hybridized carbons (Fsp3) is 0.312. The summed E-state index contributed by atoms with van der Waals surface area (Å²) in [4.78, 5) is 0. The van der Waals surface area contributed by atoms with Gasteiger partial charge in [0.05, 0.1) is 16.7 Å². The molecule has 0 aromatic heterocycles. The molecule has 0 saturated carbocycles. The zero-order valence-corrected chi connectivity index (χ0v) is 11.3. The number of ether oxygens (including phenoxy) is 1. The van der Waals surface area contributed by atoms with Gasteiger partial charge in [0.2, 0.25) is 0 Å². The SMILES string of the molecule is N#Cc1ccc(OC2CCC3=C2CCC=C3)c(Cl)c1. The maximum Gasteiger partial charge on any atom is 0.138 e. The Hall–Kier alpha value is -1.72. The lowest BCUT2D eigenvalue weighted by atomic mass is 9.99. The highest BCUT2D eigenvalue weighted by molar-refractivity contribution is 6.32. The van der Waals surface area contributed by atoms with Crippen LogP contribution in [-0.4, -0.2) is 6.10 Å². The molecular weight excluding hydrogens is 258 g/mol. The summed E-state index contributed by atoms with van der Waals surface area (Å²) in [7, 11) is 0. The zero-order chi connectivity index (χ0) is 13.2. The maximum atomic E-state index is 8.83. The van der Waals surface area contributed by atoms with Crippen molar-refractivity contribution in [1.82, 2.24) is 0 Å². The predicted octanol–water partition coefficient (Wildman–Crippen LogP) is 4.40. The van der Waals surface area contributed by atoms with Crippen LogP contribution in [0.2, 0.25) is 5.02 Å². The van der Waals surface area contributed by atoms with Gasteiger partial charge in [0, 0.05) is 0 Å². The second kappa shape index (κ2) is 5.11. The summed E-state index contributed by atoms with van der Waals surface area (Å²) in [5.41, 5.74) is 3.41. The van der Waals surface area contributed by atoms with Gasteiger partial charge >= 0.3 is 0 Å². The number of rotatable bonds is 2. The van der Waals surface area contributed by atoms with E-state index in [0.29, 0.717) is 16.3 Å². The first-order valence-corrected chi connectivity index (χ1v) is 6.90. The van der Waals surface area contributed by atoms with E-state index in [1.165, 1.54) is 11.1 Å². The van der Waals surface area contributed by atoms with E-state index in [9.17, 15) is 0 Å². The summed E-state index contributed by atoms with van der Waals surface area (Å²) in [6.45, 7) is 0. The smallest absolute Gasteiger partial charge is 0.138 e. The Morgan fingerprint density at radius 1 is 1.32 bits per heavy atom. The van der Waals surface area contributed by atoms with Gasteiger partial charge in [0.25, 0.3) is 0 Å². The van der Waals surface area contributed by atoms with Crippen molar-refractivity contribution in [2.45, 2.75) is 31.8 Å². The normalized spacial score (nSPS) is 21.2. The molecule has 0 N–H and O–H groups in total. The second-order valence-corrected chi connectivity index (χ2v) is 5.30. The van der Waals surface area contributed by atoms with E-state index in [2.05, 4.69) is 18.2 Å². The molecule has 0 aliphatic heterocycles. The summed E-state index contributed by atoms with van der Waals surface area (Å²) in [5, 5.41) is 9.34. The minimum atomic E-state index is 0.144. The van der Waals surface area contributed by atoms with Crippen LogP contribution in [0.3, 0.4) is 0 Å². The molecule has 2 aliphatic rings. The summed E-state index contributed by atoms with van der Waals surface area (Å²) in [6.07, 6.45) is 8.89. The van der Waals surface area contributed by atoms with Crippen LogP contribution in [-0.2, 0) is 0 Å². The van der Waals surface area contributed by atoms with Crippen LogP contribution in [0, 0.1) is 11.3 Å². The molecule has 1 unspecified atom stereocenters. The Bertz CT molecular complexity index is 610. The number of benzene rings is 1. The summed E-state index contributed by atoms with van der Waals surface area (Å²) >= 11 is 6.16. The third-order valence-corrected chi connectivity index (χ3v) is 4.00. The Kier molecular flexibility index (Phi) is 3.31. The van der Waals surface area contributed by atoms with Crippen LogP contribution in [0.1, 0.15) is 31.2 Å². The van der Waals surface area contributed by atoms with Crippen molar-refractivity contribution < 1.29 is 4.74 Å². The van der Waals surface area contributed by atoms with Crippen molar-refractivity contribution in [1.29, 1.82) is 5.26 Å². The van der Waals surface area contributed by atoms with Crippen molar-refractivity contribution in [3.8, 4) is 11.8 Å². The monoisotopic (exact) mass is 271 g/mol. The number of halogens is 1. The van der Waals surface area contributed by atoms with Gasteiger partial charge in [-0.3, -0.25) is 0 Å². The first-order valence-electron chi connectivity index (χ1n) is 6.52. The third-order valence-electron chi connectivity index (χ3n) is 3.71. The van der Waals surface area contributed by atoms with Crippen LogP contribution in [0.4, 0.5) is 0 Å². The molecule has 0 bridgehead atoms. The molecule has 3 rings (SSSR count). The first-order chi connectivity index (χ1) is 9.28. The minimum absolute atomic E-state index is 0.144. The predicted molar refractivity (Wildman–Crippen MR) is 75.2 cm³/mol. The fourth-order valence-electron chi connectivity index (χ4n) is 2.75. The molecule has 0 heterocycles. The standard InChI is InChI=1S/C16H14ClNO/c17-14-9-11(10-18)5-7-16(14)19-15-8-6-12-3-1-2-4-13(12)15/h1,3,5,7,9,15H,2,4,6,8H2.